The summed E-state index contributed by atoms with van der Waals surface area (Å²) in [5.74, 6) is -1.56. The highest BCUT2D eigenvalue weighted by Crippen LogP contribution is 2.28. The molecule has 0 radical (unpaired) electrons. The first-order valence-corrected chi connectivity index (χ1v) is 7.28. The van der Waals surface area contributed by atoms with Gasteiger partial charge in [-0.3, -0.25) is 0 Å². The van der Waals surface area contributed by atoms with Crippen molar-refractivity contribution in [2.24, 2.45) is 0 Å². The standard InChI is InChI=1S/C16H25F2NO/c1-5-16(6-2,20-7-3)14(19-4)11-12-9-8-10-13(17)15(12)18/h8-10,14,19H,5-7,11H2,1-4H3. The Bertz CT molecular complexity index is 419. The average molecular weight is 285 g/mol. The molecule has 114 valence electrons. The summed E-state index contributed by atoms with van der Waals surface area (Å²) in [7, 11) is 1.83. The van der Waals surface area contributed by atoms with Crippen LogP contribution in [0.4, 0.5) is 8.78 Å². The molecule has 0 saturated carbocycles. The van der Waals surface area contributed by atoms with Gasteiger partial charge in [0.2, 0.25) is 0 Å². The van der Waals surface area contributed by atoms with Crippen molar-refractivity contribution in [1.82, 2.24) is 5.32 Å². The molecule has 1 atom stereocenters. The summed E-state index contributed by atoms with van der Waals surface area (Å²) in [5.41, 5.74) is 0.0257. The van der Waals surface area contributed by atoms with Crippen LogP contribution in [0.3, 0.4) is 0 Å². The van der Waals surface area contributed by atoms with E-state index in [4.69, 9.17) is 4.74 Å². The number of hydrogen-bond donors (Lipinski definition) is 1. The van der Waals surface area contributed by atoms with Crippen LogP contribution >= 0.6 is 0 Å². The van der Waals surface area contributed by atoms with Crippen molar-refractivity contribution in [3.8, 4) is 0 Å². The molecule has 0 aliphatic heterocycles. The van der Waals surface area contributed by atoms with Crippen molar-refractivity contribution < 1.29 is 13.5 Å². The molecule has 1 aromatic carbocycles. The third-order valence-electron chi connectivity index (χ3n) is 4.07. The number of benzene rings is 1. The quantitative estimate of drug-likeness (QED) is 0.786. The molecule has 2 nitrogen and oxygen atoms in total. The van der Waals surface area contributed by atoms with Gasteiger partial charge in [0, 0.05) is 12.6 Å². The zero-order valence-corrected chi connectivity index (χ0v) is 12.8. The Morgan fingerprint density at radius 3 is 2.35 bits per heavy atom. The van der Waals surface area contributed by atoms with Crippen LogP contribution in [0, 0.1) is 11.6 Å². The maximum absolute atomic E-state index is 13.8. The Morgan fingerprint density at radius 2 is 1.85 bits per heavy atom. The van der Waals surface area contributed by atoms with Crippen LogP contribution in [0.25, 0.3) is 0 Å². The molecule has 1 N–H and O–H groups in total. The highest BCUT2D eigenvalue weighted by molar-refractivity contribution is 5.21. The SMILES string of the molecule is CCOC(CC)(CC)C(Cc1cccc(F)c1F)NC. The fourth-order valence-electron chi connectivity index (χ4n) is 2.81. The minimum atomic E-state index is -0.799. The monoisotopic (exact) mass is 285 g/mol. The summed E-state index contributed by atoms with van der Waals surface area (Å²) < 4.78 is 33.1. The molecule has 20 heavy (non-hydrogen) atoms. The van der Waals surface area contributed by atoms with E-state index in [9.17, 15) is 8.78 Å². The topological polar surface area (TPSA) is 21.3 Å². The van der Waals surface area contributed by atoms with Gasteiger partial charge in [-0.05, 0) is 44.9 Å². The molecule has 1 unspecified atom stereocenters. The van der Waals surface area contributed by atoms with E-state index >= 15 is 0 Å². The zero-order chi connectivity index (χ0) is 15.2. The van der Waals surface area contributed by atoms with Gasteiger partial charge in [0.05, 0.1) is 5.60 Å². The average Bonchev–Trinajstić information content (AvgIpc) is 2.47. The number of nitrogens with one attached hydrogen (secondary N) is 1. The van der Waals surface area contributed by atoms with Crippen molar-refractivity contribution in [3.05, 3.63) is 35.4 Å². The lowest BCUT2D eigenvalue weighted by atomic mass is 9.84. The first-order chi connectivity index (χ1) is 9.54. The normalized spacial score (nSPS) is 13.5. The number of ether oxygens (including phenoxy) is 1. The second kappa shape index (κ2) is 7.70. The Labute approximate surface area is 120 Å². The maximum Gasteiger partial charge on any atom is 0.162 e. The van der Waals surface area contributed by atoms with Crippen LogP contribution in [0.5, 0.6) is 0 Å². The van der Waals surface area contributed by atoms with Gasteiger partial charge in [-0.1, -0.05) is 26.0 Å². The van der Waals surface area contributed by atoms with Gasteiger partial charge in [0.25, 0.3) is 0 Å². The molecule has 0 saturated heterocycles. The Kier molecular flexibility index (Phi) is 6.56. The molecule has 0 aromatic heterocycles. The first-order valence-electron chi connectivity index (χ1n) is 7.28. The molecule has 1 rings (SSSR count). The lowest BCUT2D eigenvalue weighted by molar-refractivity contribution is -0.0705. The summed E-state index contributed by atoms with van der Waals surface area (Å²) in [6.45, 7) is 6.68. The van der Waals surface area contributed by atoms with Gasteiger partial charge in [-0.2, -0.15) is 0 Å². The molecule has 0 amide bonds. The van der Waals surface area contributed by atoms with E-state index in [1.807, 2.05) is 14.0 Å². The minimum absolute atomic E-state index is 0.0613. The van der Waals surface area contributed by atoms with Crippen LogP contribution < -0.4 is 5.32 Å². The Hall–Kier alpha value is -1.00. The van der Waals surface area contributed by atoms with E-state index < -0.39 is 11.6 Å². The van der Waals surface area contributed by atoms with Crippen LogP contribution in [0.1, 0.15) is 39.2 Å². The Morgan fingerprint density at radius 1 is 1.20 bits per heavy atom. The molecule has 1 aromatic rings. The number of rotatable bonds is 8. The van der Waals surface area contributed by atoms with E-state index in [2.05, 4.69) is 19.2 Å². The molecular weight excluding hydrogens is 260 g/mol. The maximum atomic E-state index is 13.8. The third-order valence-corrected chi connectivity index (χ3v) is 4.07. The molecule has 0 aliphatic rings. The smallest absolute Gasteiger partial charge is 0.162 e. The second-order valence-corrected chi connectivity index (χ2v) is 4.96. The highest BCUT2D eigenvalue weighted by atomic mass is 19.2. The van der Waals surface area contributed by atoms with Crippen LogP contribution in [-0.4, -0.2) is 25.3 Å². The first kappa shape index (κ1) is 17.1. The number of likely N-dealkylation sites (N-methyl/N-ethyl adjacent to an activating group) is 1. The Balaban J connectivity index is 3.03. The molecule has 0 heterocycles. The largest absolute Gasteiger partial charge is 0.374 e. The highest BCUT2D eigenvalue weighted by Gasteiger charge is 2.36. The zero-order valence-electron chi connectivity index (χ0n) is 12.8. The van der Waals surface area contributed by atoms with Gasteiger partial charge in [0.15, 0.2) is 11.6 Å². The number of halogens is 2. The second-order valence-electron chi connectivity index (χ2n) is 4.96. The van der Waals surface area contributed by atoms with Crippen molar-refractivity contribution in [3.63, 3.8) is 0 Å². The lowest BCUT2D eigenvalue weighted by Gasteiger charge is -2.39. The van der Waals surface area contributed by atoms with Crippen molar-refractivity contribution >= 4 is 0 Å². The molecule has 4 heteroatoms. The fraction of sp³-hybridized carbons (Fsp3) is 0.625. The molecular formula is C16H25F2NO. The van der Waals surface area contributed by atoms with Crippen molar-refractivity contribution in [2.45, 2.75) is 51.7 Å². The van der Waals surface area contributed by atoms with Crippen LogP contribution in [-0.2, 0) is 11.2 Å². The van der Waals surface area contributed by atoms with E-state index in [1.165, 1.54) is 0 Å². The predicted octanol–water partition coefficient (Wildman–Crippen LogP) is 3.69. The van der Waals surface area contributed by atoms with Gasteiger partial charge in [-0.15, -0.1) is 0 Å². The molecule has 0 aliphatic carbocycles. The van der Waals surface area contributed by atoms with E-state index in [0.717, 1.165) is 18.9 Å². The fourth-order valence-corrected chi connectivity index (χ4v) is 2.81. The minimum Gasteiger partial charge on any atom is -0.374 e. The summed E-state index contributed by atoms with van der Waals surface area (Å²) >= 11 is 0. The van der Waals surface area contributed by atoms with Gasteiger partial charge in [0.1, 0.15) is 0 Å². The van der Waals surface area contributed by atoms with Gasteiger partial charge >= 0.3 is 0 Å². The summed E-state index contributed by atoms with van der Waals surface area (Å²) in [6, 6.07) is 4.25. The third kappa shape index (κ3) is 3.55. The summed E-state index contributed by atoms with van der Waals surface area (Å²) in [6.07, 6.45) is 2.04. The number of hydrogen-bond acceptors (Lipinski definition) is 2. The molecule has 0 bridgehead atoms. The lowest BCUT2D eigenvalue weighted by Crippen LogP contribution is -2.52. The molecule has 0 spiro atoms. The van der Waals surface area contributed by atoms with Gasteiger partial charge in [-0.25, -0.2) is 8.78 Å². The van der Waals surface area contributed by atoms with E-state index in [1.54, 1.807) is 12.1 Å². The summed E-state index contributed by atoms with van der Waals surface area (Å²) in [4.78, 5) is 0. The van der Waals surface area contributed by atoms with Crippen LogP contribution in [0.2, 0.25) is 0 Å². The van der Waals surface area contributed by atoms with E-state index in [-0.39, 0.29) is 11.6 Å². The van der Waals surface area contributed by atoms with Gasteiger partial charge < -0.3 is 10.1 Å². The summed E-state index contributed by atoms with van der Waals surface area (Å²) in [5, 5.41) is 3.21. The van der Waals surface area contributed by atoms with Crippen molar-refractivity contribution in [1.29, 1.82) is 0 Å². The molecule has 0 fully saturated rings. The van der Waals surface area contributed by atoms with E-state index in [0.29, 0.717) is 18.6 Å². The predicted molar refractivity (Wildman–Crippen MR) is 77.8 cm³/mol. The van der Waals surface area contributed by atoms with Crippen LogP contribution in [0.15, 0.2) is 18.2 Å². The van der Waals surface area contributed by atoms with Crippen molar-refractivity contribution in [2.75, 3.05) is 13.7 Å².